The van der Waals surface area contributed by atoms with Crippen LogP contribution in [0.5, 0.6) is 0 Å². The summed E-state index contributed by atoms with van der Waals surface area (Å²) in [7, 11) is 0. The molecule has 3 heteroatoms. The summed E-state index contributed by atoms with van der Waals surface area (Å²) >= 11 is 0. The van der Waals surface area contributed by atoms with Gasteiger partial charge in [0.25, 0.3) is 5.91 Å². The molecule has 1 aromatic carbocycles. The van der Waals surface area contributed by atoms with E-state index in [9.17, 15) is 4.79 Å². The Balaban J connectivity index is 2.02. The van der Waals surface area contributed by atoms with Crippen LogP contribution in [0.3, 0.4) is 0 Å². The molecule has 0 heterocycles. The Kier molecular flexibility index (Phi) is 4.37. The van der Waals surface area contributed by atoms with Crippen LogP contribution in [-0.4, -0.2) is 23.9 Å². The molecule has 0 saturated heterocycles. The average molecular weight is 246 g/mol. The van der Waals surface area contributed by atoms with Crippen LogP contribution < -0.4 is 5.73 Å². The van der Waals surface area contributed by atoms with Gasteiger partial charge in [-0.1, -0.05) is 18.6 Å². The van der Waals surface area contributed by atoms with Crippen molar-refractivity contribution in [3.63, 3.8) is 0 Å². The number of hydrogen-bond donors (Lipinski definition) is 1. The monoisotopic (exact) mass is 246 g/mol. The second kappa shape index (κ2) is 6.01. The van der Waals surface area contributed by atoms with Crippen molar-refractivity contribution in [2.24, 2.45) is 11.7 Å². The number of rotatable bonds is 5. The fraction of sp³-hybridized carbons (Fsp3) is 0.533. The van der Waals surface area contributed by atoms with Gasteiger partial charge in [-0.3, -0.25) is 4.79 Å². The number of benzene rings is 1. The Hall–Kier alpha value is -1.35. The highest BCUT2D eigenvalue weighted by Crippen LogP contribution is 2.27. The van der Waals surface area contributed by atoms with Crippen LogP contribution in [0, 0.1) is 5.92 Å². The van der Waals surface area contributed by atoms with Crippen molar-refractivity contribution in [1.82, 2.24) is 4.90 Å². The van der Waals surface area contributed by atoms with Crippen LogP contribution in [0.15, 0.2) is 24.3 Å². The van der Waals surface area contributed by atoms with Gasteiger partial charge in [0.2, 0.25) is 0 Å². The predicted octanol–water partition coefficient (Wildman–Crippen LogP) is 2.41. The van der Waals surface area contributed by atoms with Gasteiger partial charge >= 0.3 is 0 Å². The lowest BCUT2D eigenvalue weighted by atomic mass is 9.85. The fourth-order valence-electron chi connectivity index (χ4n) is 2.31. The first-order valence-corrected chi connectivity index (χ1v) is 6.83. The number of carbonyl (C=O) groups is 1. The van der Waals surface area contributed by atoms with Crippen LogP contribution in [0.25, 0.3) is 0 Å². The molecule has 1 aliphatic carbocycles. The third kappa shape index (κ3) is 2.91. The Morgan fingerprint density at radius 1 is 1.33 bits per heavy atom. The molecule has 2 rings (SSSR count). The minimum absolute atomic E-state index is 0.146. The highest BCUT2D eigenvalue weighted by atomic mass is 16.2. The summed E-state index contributed by atoms with van der Waals surface area (Å²) in [6.45, 7) is 4.26. The first-order chi connectivity index (χ1) is 8.74. The van der Waals surface area contributed by atoms with Crippen molar-refractivity contribution in [3.8, 4) is 0 Å². The molecule has 0 radical (unpaired) electrons. The van der Waals surface area contributed by atoms with Gasteiger partial charge in [-0.25, -0.2) is 0 Å². The van der Waals surface area contributed by atoms with E-state index in [1.165, 1.54) is 19.3 Å². The normalized spacial score (nSPS) is 15.2. The summed E-state index contributed by atoms with van der Waals surface area (Å²) in [5.74, 6) is 0.866. The molecule has 1 aliphatic rings. The first kappa shape index (κ1) is 13.1. The molecule has 3 nitrogen and oxygen atoms in total. The van der Waals surface area contributed by atoms with Crippen molar-refractivity contribution in [2.45, 2.75) is 32.7 Å². The van der Waals surface area contributed by atoms with Crippen molar-refractivity contribution < 1.29 is 4.79 Å². The maximum Gasteiger partial charge on any atom is 0.253 e. The summed E-state index contributed by atoms with van der Waals surface area (Å²) in [5.41, 5.74) is 7.39. The lowest BCUT2D eigenvalue weighted by Gasteiger charge is -2.31. The molecule has 0 bridgehead atoms. The molecule has 0 aromatic heterocycles. The van der Waals surface area contributed by atoms with E-state index in [-0.39, 0.29) is 5.91 Å². The minimum atomic E-state index is 0.146. The molecule has 0 spiro atoms. The number of carbonyl (C=O) groups excluding carboxylic acids is 1. The highest BCUT2D eigenvalue weighted by Gasteiger charge is 2.23. The van der Waals surface area contributed by atoms with E-state index < -0.39 is 0 Å². The smallest absolute Gasteiger partial charge is 0.253 e. The van der Waals surface area contributed by atoms with Crippen molar-refractivity contribution in [2.75, 3.05) is 13.1 Å². The maximum absolute atomic E-state index is 12.3. The van der Waals surface area contributed by atoms with Crippen LogP contribution in [0.1, 0.15) is 42.1 Å². The zero-order valence-electron chi connectivity index (χ0n) is 11.1. The van der Waals surface area contributed by atoms with Gasteiger partial charge in [0.1, 0.15) is 0 Å². The van der Waals surface area contributed by atoms with Crippen LogP contribution in [0.2, 0.25) is 0 Å². The number of amides is 1. The van der Waals surface area contributed by atoms with Gasteiger partial charge in [-0.05, 0) is 43.4 Å². The third-order valence-corrected chi connectivity index (χ3v) is 3.81. The molecular weight excluding hydrogens is 224 g/mol. The molecule has 1 fully saturated rings. The van der Waals surface area contributed by atoms with E-state index in [0.717, 1.165) is 30.1 Å². The summed E-state index contributed by atoms with van der Waals surface area (Å²) in [4.78, 5) is 14.3. The summed E-state index contributed by atoms with van der Waals surface area (Å²) in [6.07, 6.45) is 3.87. The second-order valence-electron chi connectivity index (χ2n) is 5.04. The Morgan fingerprint density at radius 2 is 2.00 bits per heavy atom. The number of hydrogen-bond acceptors (Lipinski definition) is 2. The Morgan fingerprint density at radius 3 is 2.44 bits per heavy atom. The SMILES string of the molecule is CCN(CC1CCC1)C(=O)c1ccc(CN)cc1. The molecular formula is C15H22N2O. The third-order valence-electron chi connectivity index (χ3n) is 3.81. The molecule has 1 aromatic rings. The van der Waals surface area contributed by atoms with E-state index in [4.69, 9.17) is 5.73 Å². The van der Waals surface area contributed by atoms with Crippen molar-refractivity contribution in [1.29, 1.82) is 0 Å². The van der Waals surface area contributed by atoms with Gasteiger partial charge in [-0.15, -0.1) is 0 Å². The van der Waals surface area contributed by atoms with Gasteiger partial charge in [0.15, 0.2) is 0 Å². The summed E-state index contributed by atoms with van der Waals surface area (Å²) < 4.78 is 0. The quantitative estimate of drug-likeness (QED) is 0.867. The second-order valence-corrected chi connectivity index (χ2v) is 5.04. The van der Waals surface area contributed by atoms with Gasteiger partial charge in [0, 0.05) is 25.2 Å². The largest absolute Gasteiger partial charge is 0.339 e. The van der Waals surface area contributed by atoms with Gasteiger partial charge in [0.05, 0.1) is 0 Å². The molecule has 18 heavy (non-hydrogen) atoms. The van der Waals surface area contributed by atoms with E-state index in [0.29, 0.717) is 6.54 Å². The lowest BCUT2D eigenvalue weighted by Crippen LogP contribution is -2.37. The van der Waals surface area contributed by atoms with E-state index in [1.54, 1.807) is 0 Å². The Bertz CT molecular complexity index is 395. The summed E-state index contributed by atoms with van der Waals surface area (Å²) in [6, 6.07) is 7.64. The lowest BCUT2D eigenvalue weighted by molar-refractivity contribution is 0.0706. The topological polar surface area (TPSA) is 46.3 Å². The molecule has 1 amide bonds. The van der Waals surface area contributed by atoms with E-state index in [1.807, 2.05) is 36.1 Å². The zero-order chi connectivity index (χ0) is 13.0. The highest BCUT2D eigenvalue weighted by molar-refractivity contribution is 5.94. The maximum atomic E-state index is 12.3. The van der Waals surface area contributed by atoms with Gasteiger partial charge < -0.3 is 10.6 Å². The molecule has 1 saturated carbocycles. The predicted molar refractivity (Wildman–Crippen MR) is 73.3 cm³/mol. The van der Waals surface area contributed by atoms with Crippen LogP contribution in [0.4, 0.5) is 0 Å². The molecule has 0 aliphatic heterocycles. The average Bonchev–Trinajstić information content (AvgIpc) is 2.37. The molecule has 98 valence electrons. The molecule has 0 atom stereocenters. The standard InChI is InChI=1S/C15H22N2O/c1-2-17(11-13-4-3-5-13)15(18)14-8-6-12(10-16)7-9-14/h6-9,13H,2-5,10-11,16H2,1H3. The molecule has 2 N–H and O–H groups in total. The van der Waals surface area contributed by atoms with Crippen LogP contribution >= 0.6 is 0 Å². The minimum Gasteiger partial charge on any atom is -0.339 e. The van der Waals surface area contributed by atoms with Crippen LogP contribution in [-0.2, 0) is 6.54 Å². The number of nitrogens with two attached hydrogens (primary N) is 1. The first-order valence-electron chi connectivity index (χ1n) is 6.83. The Labute approximate surface area is 109 Å². The fourth-order valence-corrected chi connectivity index (χ4v) is 2.31. The van der Waals surface area contributed by atoms with E-state index >= 15 is 0 Å². The zero-order valence-corrected chi connectivity index (χ0v) is 11.1. The van der Waals surface area contributed by atoms with Crippen molar-refractivity contribution in [3.05, 3.63) is 35.4 Å². The molecule has 0 unspecified atom stereocenters. The van der Waals surface area contributed by atoms with E-state index in [2.05, 4.69) is 0 Å². The van der Waals surface area contributed by atoms with Crippen molar-refractivity contribution >= 4 is 5.91 Å². The van der Waals surface area contributed by atoms with Gasteiger partial charge in [-0.2, -0.15) is 0 Å². The summed E-state index contributed by atoms with van der Waals surface area (Å²) in [5, 5.41) is 0. The number of nitrogens with zero attached hydrogens (tertiary/aromatic N) is 1.